The lowest BCUT2D eigenvalue weighted by molar-refractivity contribution is 0.478. The summed E-state index contributed by atoms with van der Waals surface area (Å²) in [4.78, 5) is 0. The van der Waals surface area contributed by atoms with Crippen molar-refractivity contribution in [3.63, 3.8) is 0 Å². The van der Waals surface area contributed by atoms with Crippen LogP contribution in [0.5, 0.6) is 0 Å². The largest absolute Gasteiger partial charge is 0.916 e. The summed E-state index contributed by atoms with van der Waals surface area (Å²) >= 11 is 0. The minimum absolute atomic E-state index is 0.537. The van der Waals surface area contributed by atoms with Crippen molar-refractivity contribution in [2.75, 3.05) is 0 Å². The van der Waals surface area contributed by atoms with Gasteiger partial charge in [-0.05, 0) is 12.8 Å². The lowest BCUT2D eigenvalue weighted by atomic mass is 10.0. The minimum Gasteiger partial charge on any atom is -0.0654 e. The summed E-state index contributed by atoms with van der Waals surface area (Å²) in [6.07, 6.45) is 46.8. The van der Waals surface area contributed by atoms with Gasteiger partial charge in [0.15, 0.2) is 0 Å². The lowest BCUT2D eigenvalue weighted by Gasteiger charge is -2.10. The first-order valence-corrected chi connectivity index (χ1v) is 20.6. The second-order valence-corrected chi connectivity index (χ2v) is 18.2. The Labute approximate surface area is 266 Å². The molecule has 0 aliphatic heterocycles. The summed E-state index contributed by atoms with van der Waals surface area (Å²) in [7, 11) is 1.11. The molecule has 0 rings (SSSR count). The van der Waals surface area contributed by atoms with Gasteiger partial charge in [-0.15, -0.1) is 0 Å². The van der Waals surface area contributed by atoms with Crippen molar-refractivity contribution in [2.24, 2.45) is 0 Å². The van der Waals surface area contributed by atoms with Gasteiger partial charge in [-0.25, -0.2) is 0 Å². The van der Waals surface area contributed by atoms with Gasteiger partial charge in [-0.1, -0.05) is 194 Å². The molecule has 0 bridgehead atoms. The van der Waals surface area contributed by atoms with Crippen LogP contribution in [-0.2, 0) is 0 Å². The highest BCUT2D eigenvalue weighted by Gasteiger charge is 2.65. The highest BCUT2D eigenvalue weighted by molar-refractivity contribution is 6.43. The Balaban J connectivity index is 3.53. The number of hydrogen-bond acceptors (Lipinski definition) is 0. The molecule has 0 saturated heterocycles. The monoisotopic (exact) mass is 591 g/mol. The maximum absolute atomic E-state index is 2.56. The van der Waals surface area contributed by atoms with Gasteiger partial charge in [0.05, 0.1) is 0 Å². The van der Waals surface area contributed by atoms with Crippen LogP contribution in [0.1, 0.15) is 247 Å². The second kappa shape index (κ2) is 30.3. The van der Waals surface area contributed by atoms with E-state index in [0.717, 1.165) is 9.52 Å². The first kappa shape index (κ1) is 41.2. The van der Waals surface area contributed by atoms with Crippen LogP contribution in [0.15, 0.2) is 0 Å². The smallest absolute Gasteiger partial charge is 0.0654 e. The molecule has 0 amide bonds. The van der Waals surface area contributed by atoms with Crippen molar-refractivity contribution in [1.82, 2.24) is 0 Å². The van der Waals surface area contributed by atoms with Crippen LogP contribution in [0, 0.1) is 0 Å². The number of unbranched alkanes of at least 4 members (excludes halogenated alkanes) is 28. The third-order valence-electron chi connectivity index (χ3n) is 9.49. The topological polar surface area (TPSA) is 0 Å². The van der Waals surface area contributed by atoms with Crippen LogP contribution in [-0.4, -0.2) is 9.52 Å². The fourth-order valence-electron chi connectivity index (χ4n) is 6.92. The van der Waals surface area contributed by atoms with E-state index < -0.39 is 0 Å². The molecular formula is C40H82Si+2. The highest BCUT2D eigenvalue weighted by atomic mass is 28.2. The van der Waals surface area contributed by atoms with Crippen LogP contribution < -0.4 is 0 Å². The SMILES string of the molecule is CCCCCCCCCCCCCCCCCC(C)(C)[Si+2]C(C)(C)CCCCCCCCCCCCCCCCC. The van der Waals surface area contributed by atoms with Crippen molar-refractivity contribution in [3.05, 3.63) is 0 Å². The molecule has 1 heteroatoms. The zero-order chi connectivity index (χ0) is 30.3. The average Bonchev–Trinajstić information content (AvgIpc) is 2.92. The summed E-state index contributed by atoms with van der Waals surface area (Å²) in [5.41, 5.74) is 0. The quantitative estimate of drug-likeness (QED) is 0.0516. The summed E-state index contributed by atoms with van der Waals surface area (Å²) in [5, 5.41) is 1.07. The first-order chi connectivity index (χ1) is 19.8. The third kappa shape index (κ3) is 33.0. The fraction of sp³-hybridized carbons (Fsp3) is 1.00. The summed E-state index contributed by atoms with van der Waals surface area (Å²) in [6.45, 7) is 14.9. The molecule has 0 aliphatic carbocycles. The molecule has 0 aromatic rings. The van der Waals surface area contributed by atoms with Gasteiger partial charge in [0.2, 0.25) is 0 Å². The van der Waals surface area contributed by atoms with E-state index >= 15 is 0 Å². The predicted molar refractivity (Wildman–Crippen MR) is 193 cm³/mol. The molecule has 0 atom stereocenters. The van der Waals surface area contributed by atoms with E-state index in [1.165, 1.54) is 205 Å². The second-order valence-electron chi connectivity index (χ2n) is 15.3. The van der Waals surface area contributed by atoms with Crippen LogP contribution in [0.2, 0.25) is 10.1 Å². The van der Waals surface area contributed by atoms with Gasteiger partial charge in [-0.3, -0.25) is 0 Å². The van der Waals surface area contributed by atoms with Crippen molar-refractivity contribution >= 4 is 9.52 Å². The molecule has 0 radical (unpaired) electrons. The summed E-state index contributed by atoms with van der Waals surface area (Å²) < 4.78 is 0. The van der Waals surface area contributed by atoms with Crippen LogP contribution in [0.3, 0.4) is 0 Å². The predicted octanol–water partition coefficient (Wildman–Crippen LogP) is 15.6. The van der Waals surface area contributed by atoms with Gasteiger partial charge >= 0.3 is 9.52 Å². The molecule has 0 N–H and O–H groups in total. The molecule has 0 aromatic carbocycles. The maximum atomic E-state index is 2.56. The molecule has 0 fully saturated rings. The molecule has 0 nitrogen and oxygen atoms in total. The molecule has 41 heavy (non-hydrogen) atoms. The maximum Gasteiger partial charge on any atom is 0.916 e. The Morgan fingerprint density at radius 2 is 0.439 bits per heavy atom. The first-order valence-electron chi connectivity index (χ1n) is 19.6. The molecule has 0 spiro atoms. The Morgan fingerprint density at radius 1 is 0.268 bits per heavy atom. The van der Waals surface area contributed by atoms with Gasteiger partial charge in [0.25, 0.3) is 10.1 Å². The Morgan fingerprint density at radius 3 is 0.634 bits per heavy atom. The zero-order valence-corrected chi connectivity index (χ0v) is 31.1. The molecule has 0 heterocycles. The lowest BCUT2D eigenvalue weighted by Crippen LogP contribution is -2.24. The fourth-order valence-corrected chi connectivity index (χ4v) is 9.35. The van der Waals surface area contributed by atoms with Gasteiger partial charge < -0.3 is 0 Å². The summed E-state index contributed by atoms with van der Waals surface area (Å²) in [5.74, 6) is 0. The molecular weight excluding hydrogens is 509 g/mol. The van der Waals surface area contributed by atoms with E-state index in [1.807, 2.05) is 0 Å². The normalized spacial score (nSPS) is 12.2. The van der Waals surface area contributed by atoms with Crippen molar-refractivity contribution < 1.29 is 0 Å². The molecule has 0 aromatic heterocycles. The standard InChI is InChI=1S/C40H82Si/c1-7-9-11-13-15-17-19-21-23-25-27-29-31-33-35-37-39(3,4)41-40(5,6)38-36-34-32-30-28-26-24-22-20-18-16-14-12-10-8-2/h7-38H2,1-6H3/q+2. The van der Waals surface area contributed by atoms with E-state index in [-0.39, 0.29) is 0 Å². The molecule has 0 unspecified atom stereocenters. The van der Waals surface area contributed by atoms with Crippen LogP contribution in [0.4, 0.5) is 0 Å². The molecule has 0 aliphatic rings. The Bertz CT molecular complexity index is 449. The summed E-state index contributed by atoms with van der Waals surface area (Å²) in [6, 6.07) is 0. The van der Waals surface area contributed by atoms with Gasteiger partial charge in [-0.2, -0.15) is 0 Å². The van der Waals surface area contributed by atoms with E-state index in [0.29, 0.717) is 10.1 Å². The van der Waals surface area contributed by atoms with Crippen molar-refractivity contribution in [3.8, 4) is 0 Å². The van der Waals surface area contributed by atoms with Gasteiger partial charge in [0, 0.05) is 40.5 Å². The Hall–Kier alpha value is 0.217. The van der Waals surface area contributed by atoms with E-state index in [1.54, 1.807) is 0 Å². The average molecular weight is 591 g/mol. The highest BCUT2D eigenvalue weighted by Crippen LogP contribution is 2.42. The Kier molecular flexibility index (Phi) is 30.4. The zero-order valence-electron chi connectivity index (χ0n) is 30.1. The van der Waals surface area contributed by atoms with E-state index in [4.69, 9.17) is 0 Å². The molecule has 244 valence electrons. The minimum atomic E-state index is 0.537. The van der Waals surface area contributed by atoms with Crippen molar-refractivity contribution in [1.29, 1.82) is 0 Å². The number of rotatable bonds is 34. The third-order valence-corrected chi connectivity index (χ3v) is 11.3. The van der Waals surface area contributed by atoms with Crippen molar-refractivity contribution in [2.45, 2.75) is 257 Å². The van der Waals surface area contributed by atoms with Crippen LogP contribution >= 0.6 is 0 Å². The number of hydrogen-bond donors (Lipinski definition) is 0. The van der Waals surface area contributed by atoms with E-state index in [2.05, 4.69) is 41.5 Å². The van der Waals surface area contributed by atoms with E-state index in [9.17, 15) is 0 Å². The molecule has 0 saturated carbocycles. The van der Waals surface area contributed by atoms with Crippen LogP contribution in [0.25, 0.3) is 0 Å². The van der Waals surface area contributed by atoms with Gasteiger partial charge in [0.1, 0.15) is 0 Å².